The van der Waals surface area contributed by atoms with E-state index < -0.39 is 23.8 Å². The number of carbonyl (C=O) groups excluding carboxylic acids is 1. The minimum absolute atomic E-state index is 0.261. The van der Waals surface area contributed by atoms with Gasteiger partial charge in [0.1, 0.15) is 17.0 Å². The zero-order chi connectivity index (χ0) is 20.0. The molecule has 26 heavy (non-hydrogen) atoms. The van der Waals surface area contributed by atoms with Gasteiger partial charge in [0.25, 0.3) is 0 Å². The molecule has 0 bridgehead atoms. The lowest BCUT2D eigenvalue weighted by Gasteiger charge is -2.26. The summed E-state index contributed by atoms with van der Waals surface area (Å²) in [7, 11) is 0. The number of aliphatic hydroxyl groups excluding tert-OH is 1. The molecule has 0 saturated heterocycles. The topological polar surface area (TPSA) is 67.8 Å². The number of aliphatic hydroxyl groups is 1. The lowest BCUT2D eigenvalue weighted by molar-refractivity contribution is 0.0425. The molecule has 0 spiro atoms. The molecule has 5 nitrogen and oxygen atoms in total. The first-order valence-corrected chi connectivity index (χ1v) is 8.96. The van der Waals surface area contributed by atoms with E-state index in [1.165, 1.54) is 0 Å². The molecule has 0 aliphatic rings. The fraction of sp³-hybridized carbons (Fsp3) is 0.571. The smallest absolute Gasteiger partial charge is 0.407 e. The highest BCUT2D eigenvalue weighted by molar-refractivity contribution is 5.68. The van der Waals surface area contributed by atoms with Crippen LogP contribution >= 0.6 is 0 Å². The summed E-state index contributed by atoms with van der Waals surface area (Å²) in [5.41, 5.74) is 0.127. The van der Waals surface area contributed by atoms with Crippen LogP contribution < -0.4 is 10.1 Å². The number of alkyl carbamates (subject to hydrolysis) is 1. The van der Waals surface area contributed by atoms with Crippen LogP contribution in [-0.4, -0.2) is 34.5 Å². The summed E-state index contributed by atoms with van der Waals surface area (Å²) in [5.74, 6) is 0.782. The zero-order valence-corrected chi connectivity index (χ0v) is 16.8. The normalized spacial score (nSPS) is 14.3. The van der Waals surface area contributed by atoms with Crippen molar-refractivity contribution in [2.24, 2.45) is 0 Å². The third-order valence-corrected chi connectivity index (χ3v) is 3.38. The molecule has 1 rings (SSSR count). The zero-order valence-electron chi connectivity index (χ0n) is 16.8. The van der Waals surface area contributed by atoms with E-state index in [4.69, 9.17) is 9.47 Å². The summed E-state index contributed by atoms with van der Waals surface area (Å²) in [6.07, 6.45) is 1.20. The molecule has 0 unspecified atom stereocenters. The van der Waals surface area contributed by atoms with Crippen molar-refractivity contribution in [1.82, 2.24) is 5.32 Å². The van der Waals surface area contributed by atoms with Gasteiger partial charge in [-0.3, -0.25) is 0 Å². The standard InChI is InChI=1S/C21H33NO4/c1-8-9-18(23)17(22-19(24)26-21(5,6)7)14-15-10-12-16(13-11-15)25-20(2,3)4/h8,10-13,17-18,23H,1,9,14H2,2-7H3,(H,22,24)/t17-,18-/m1/s1. The van der Waals surface area contributed by atoms with Crippen molar-refractivity contribution in [1.29, 1.82) is 0 Å². The van der Waals surface area contributed by atoms with E-state index in [0.29, 0.717) is 12.8 Å². The highest BCUT2D eigenvalue weighted by Crippen LogP contribution is 2.20. The molecular weight excluding hydrogens is 330 g/mol. The molecule has 0 aliphatic heterocycles. The second-order valence-corrected chi connectivity index (χ2v) is 8.41. The van der Waals surface area contributed by atoms with E-state index >= 15 is 0 Å². The number of benzene rings is 1. The Morgan fingerprint density at radius 3 is 2.19 bits per heavy atom. The molecule has 1 aromatic rings. The maximum Gasteiger partial charge on any atom is 0.407 e. The van der Waals surface area contributed by atoms with Crippen LogP contribution in [0.1, 0.15) is 53.5 Å². The predicted octanol–water partition coefficient (Wildman–Crippen LogP) is 4.24. The van der Waals surface area contributed by atoms with Crippen molar-refractivity contribution in [2.75, 3.05) is 0 Å². The molecule has 0 radical (unpaired) electrons. The van der Waals surface area contributed by atoms with Crippen molar-refractivity contribution < 1.29 is 19.4 Å². The van der Waals surface area contributed by atoms with E-state index in [2.05, 4.69) is 11.9 Å². The Balaban J connectivity index is 2.82. The molecule has 1 aromatic carbocycles. The van der Waals surface area contributed by atoms with Crippen LogP contribution in [-0.2, 0) is 11.2 Å². The van der Waals surface area contributed by atoms with Crippen LogP contribution in [0.2, 0.25) is 0 Å². The van der Waals surface area contributed by atoms with Gasteiger partial charge in [0.2, 0.25) is 0 Å². The number of hydrogen-bond acceptors (Lipinski definition) is 4. The van der Waals surface area contributed by atoms with Crippen molar-refractivity contribution in [3.05, 3.63) is 42.5 Å². The van der Waals surface area contributed by atoms with Crippen molar-refractivity contribution >= 4 is 6.09 Å². The highest BCUT2D eigenvalue weighted by atomic mass is 16.6. The number of ether oxygens (including phenoxy) is 2. The number of carbonyl (C=O) groups is 1. The molecule has 0 fully saturated rings. The van der Waals surface area contributed by atoms with Crippen LogP contribution in [0.25, 0.3) is 0 Å². The van der Waals surface area contributed by atoms with Gasteiger partial charge in [-0.1, -0.05) is 18.2 Å². The summed E-state index contributed by atoms with van der Waals surface area (Å²) >= 11 is 0. The summed E-state index contributed by atoms with van der Waals surface area (Å²) in [4.78, 5) is 12.1. The molecular formula is C21H33NO4. The van der Waals surface area contributed by atoms with Gasteiger partial charge in [-0.05, 0) is 72.1 Å². The lowest BCUT2D eigenvalue weighted by atomic mass is 9.99. The van der Waals surface area contributed by atoms with Crippen LogP contribution in [0.15, 0.2) is 36.9 Å². The maximum atomic E-state index is 12.1. The second kappa shape index (κ2) is 9.08. The van der Waals surface area contributed by atoms with Gasteiger partial charge in [-0.25, -0.2) is 4.79 Å². The molecule has 0 aromatic heterocycles. The Hall–Kier alpha value is -2.01. The minimum atomic E-state index is -0.745. The van der Waals surface area contributed by atoms with E-state index in [0.717, 1.165) is 11.3 Å². The fourth-order valence-electron chi connectivity index (χ4n) is 2.38. The summed E-state index contributed by atoms with van der Waals surface area (Å²) in [6, 6.07) is 7.18. The molecule has 0 heterocycles. The van der Waals surface area contributed by atoms with Gasteiger partial charge in [0.05, 0.1) is 12.1 Å². The average Bonchev–Trinajstić information content (AvgIpc) is 2.45. The van der Waals surface area contributed by atoms with Gasteiger partial charge in [-0.2, -0.15) is 0 Å². The van der Waals surface area contributed by atoms with Crippen LogP contribution in [0.5, 0.6) is 5.75 Å². The first kappa shape index (κ1) is 22.0. The predicted molar refractivity (Wildman–Crippen MR) is 105 cm³/mol. The van der Waals surface area contributed by atoms with Gasteiger partial charge >= 0.3 is 6.09 Å². The van der Waals surface area contributed by atoms with Gasteiger partial charge < -0.3 is 19.9 Å². The summed E-state index contributed by atoms with van der Waals surface area (Å²) in [6.45, 7) is 15.0. The van der Waals surface area contributed by atoms with E-state index in [9.17, 15) is 9.90 Å². The van der Waals surface area contributed by atoms with Gasteiger partial charge in [0.15, 0.2) is 0 Å². The Bertz CT molecular complexity index is 582. The van der Waals surface area contributed by atoms with Crippen LogP contribution in [0.4, 0.5) is 4.79 Å². The van der Waals surface area contributed by atoms with Crippen molar-refractivity contribution in [3.8, 4) is 5.75 Å². The largest absolute Gasteiger partial charge is 0.488 e. The van der Waals surface area contributed by atoms with Crippen molar-refractivity contribution in [2.45, 2.75) is 77.7 Å². The molecule has 146 valence electrons. The van der Waals surface area contributed by atoms with Gasteiger partial charge in [0, 0.05) is 0 Å². The molecule has 1 amide bonds. The minimum Gasteiger partial charge on any atom is -0.488 e. The van der Waals surface area contributed by atoms with Crippen LogP contribution in [0.3, 0.4) is 0 Å². The summed E-state index contributed by atoms with van der Waals surface area (Å²) < 4.78 is 11.1. The molecule has 5 heteroatoms. The van der Waals surface area contributed by atoms with E-state index in [-0.39, 0.29) is 5.60 Å². The first-order valence-electron chi connectivity index (χ1n) is 8.96. The van der Waals surface area contributed by atoms with E-state index in [1.54, 1.807) is 26.8 Å². The van der Waals surface area contributed by atoms with Crippen molar-refractivity contribution in [3.63, 3.8) is 0 Å². The number of hydrogen-bond donors (Lipinski definition) is 2. The van der Waals surface area contributed by atoms with E-state index in [1.807, 2.05) is 45.0 Å². The SMILES string of the molecule is C=CC[C@@H](O)[C@@H](Cc1ccc(OC(C)(C)C)cc1)NC(=O)OC(C)(C)C. The quantitative estimate of drug-likeness (QED) is 0.711. The Kier molecular flexibility index (Phi) is 7.69. The molecule has 2 atom stereocenters. The summed E-state index contributed by atoms with van der Waals surface area (Å²) in [5, 5.41) is 13.1. The third-order valence-electron chi connectivity index (χ3n) is 3.38. The number of rotatable bonds is 7. The Labute approximate surface area is 157 Å². The number of amides is 1. The average molecular weight is 363 g/mol. The second-order valence-electron chi connectivity index (χ2n) is 8.41. The molecule has 2 N–H and O–H groups in total. The number of nitrogens with one attached hydrogen (secondary N) is 1. The third kappa shape index (κ3) is 8.90. The first-order chi connectivity index (χ1) is 11.9. The fourth-order valence-corrected chi connectivity index (χ4v) is 2.38. The van der Waals surface area contributed by atoms with Gasteiger partial charge in [-0.15, -0.1) is 6.58 Å². The molecule has 0 aliphatic carbocycles. The highest BCUT2D eigenvalue weighted by Gasteiger charge is 2.24. The Morgan fingerprint density at radius 2 is 1.73 bits per heavy atom. The van der Waals surface area contributed by atoms with Crippen LogP contribution in [0, 0.1) is 0 Å². The maximum absolute atomic E-state index is 12.1. The Morgan fingerprint density at radius 1 is 1.15 bits per heavy atom. The monoisotopic (exact) mass is 363 g/mol. The molecule has 0 saturated carbocycles. The lowest BCUT2D eigenvalue weighted by Crippen LogP contribution is -2.46.